The molecule has 0 bridgehead atoms. The van der Waals surface area contributed by atoms with Crippen molar-refractivity contribution in [3.63, 3.8) is 0 Å². The van der Waals surface area contributed by atoms with Crippen molar-refractivity contribution in [3.8, 4) is 0 Å². The first-order valence-electron chi connectivity index (χ1n) is 7.77. The molecule has 126 valence electrons. The van der Waals surface area contributed by atoms with Gasteiger partial charge in [0.2, 0.25) is 11.8 Å². The summed E-state index contributed by atoms with van der Waals surface area (Å²) in [7, 11) is 1.77. The molecule has 1 aromatic heterocycles. The van der Waals surface area contributed by atoms with E-state index >= 15 is 0 Å². The Balaban J connectivity index is 1.85. The molecule has 0 radical (unpaired) electrons. The minimum Gasteiger partial charge on any atom is -0.378 e. The van der Waals surface area contributed by atoms with Gasteiger partial charge in [0.05, 0.1) is 25.8 Å². The lowest BCUT2D eigenvalue weighted by Crippen LogP contribution is -2.50. The van der Waals surface area contributed by atoms with Gasteiger partial charge in [-0.2, -0.15) is 0 Å². The molecule has 7 heteroatoms. The van der Waals surface area contributed by atoms with Gasteiger partial charge in [0.1, 0.15) is 5.82 Å². The van der Waals surface area contributed by atoms with E-state index in [1.807, 2.05) is 26.0 Å². The second kappa shape index (κ2) is 8.03. The van der Waals surface area contributed by atoms with Crippen LogP contribution in [0.2, 0.25) is 0 Å². The molecule has 1 atom stereocenters. The smallest absolute Gasteiger partial charge is 0.239 e. The summed E-state index contributed by atoms with van der Waals surface area (Å²) in [4.78, 5) is 32.3. The van der Waals surface area contributed by atoms with Crippen molar-refractivity contribution in [1.82, 2.24) is 14.8 Å². The number of rotatable bonds is 5. The third-order valence-electron chi connectivity index (χ3n) is 3.89. The highest BCUT2D eigenvalue weighted by Gasteiger charge is 2.26. The van der Waals surface area contributed by atoms with Gasteiger partial charge in [-0.3, -0.25) is 14.5 Å². The third kappa shape index (κ3) is 5.01. The molecule has 0 unspecified atom stereocenters. The van der Waals surface area contributed by atoms with Crippen LogP contribution in [0.5, 0.6) is 0 Å². The molecule has 2 amide bonds. The topological polar surface area (TPSA) is 74.8 Å². The molecule has 1 aliphatic rings. The lowest BCUT2D eigenvalue weighted by molar-refractivity contribution is -0.140. The van der Waals surface area contributed by atoms with Crippen LogP contribution in [0.25, 0.3) is 0 Å². The summed E-state index contributed by atoms with van der Waals surface area (Å²) in [6, 6.07) is 5.09. The summed E-state index contributed by atoms with van der Waals surface area (Å²) in [5, 5.41) is 2.75. The lowest BCUT2D eigenvalue weighted by atomic mass is 10.2. The summed E-state index contributed by atoms with van der Waals surface area (Å²) in [6.07, 6.45) is 0. The van der Waals surface area contributed by atoms with Crippen LogP contribution in [-0.4, -0.2) is 72.5 Å². The predicted molar refractivity (Wildman–Crippen MR) is 87.1 cm³/mol. The van der Waals surface area contributed by atoms with Crippen molar-refractivity contribution in [2.45, 2.75) is 19.9 Å². The van der Waals surface area contributed by atoms with Crippen LogP contribution in [0.3, 0.4) is 0 Å². The number of likely N-dealkylation sites (N-methyl/N-ethyl adjacent to an activating group) is 1. The monoisotopic (exact) mass is 320 g/mol. The summed E-state index contributed by atoms with van der Waals surface area (Å²) in [6.45, 7) is 6.17. The number of aromatic nitrogens is 1. The Kier molecular flexibility index (Phi) is 6.06. The van der Waals surface area contributed by atoms with E-state index in [1.165, 1.54) is 0 Å². The highest BCUT2D eigenvalue weighted by Crippen LogP contribution is 2.07. The molecular weight excluding hydrogens is 296 g/mol. The Morgan fingerprint density at radius 2 is 2.09 bits per heavy atom. The maximum Gasteiger partial charge on any atom is 0.239 e. The van der Waals surface area contributed by atoms with Crippen molar-refractivity contribution < 1.29 is 14.3 Å². The fourth-order valence-corrected chi connectivity index (χ4v) is 2.39. The van der Waals surface area contributed by atoms with Crippen LogP contribution < -0.4 is 5.32 Å². The number of hydrogen-bond acceptors (Lipinski definition) is 5. The third-order valence-corrected chi connectivity index (χ3v) is 3.89. The Morgan fingerprint density at radius 3 is 2.74 bits per heavy atom. The number of nitrogens with one attached hydrogen (secondary N) is 1. The Hall–Kier alpha value is -1.99. The Bertz CT molecular complexity index is 558. The number of pyridine rings is 1. The second-order valence-corrected chi connectivity index (χ2v) is 5.74. The summed E-state index contributed by atoms with van der Waals surface area (Å²) < 4.78 is 5.25. The standard InChI is InChI=1S/C16H24N4O3/c1-12-5-4-6-14(17-12)18-15(21)11-19(3)13(2)16(22)20-7-9-23-10-8-20/h4-6,13H,7-11H2,1-3H3,(H,17,18,21)/t13-/m0/s1. The van der Waals surface area contributed by atoms with E-state index in [4.69, 9.17) is 4.74 Å². The van der Waals surface area contributed by atoms with Crippen molar-refractivity contribution in [3.05, 3.63) is 23.9 Å². The van der Waals surface area contributed by atoms with Gasteiger partial charge in [0, 0.05) is 18.8 Å². The van der Waals surface area contributed by atoms with Gasteiger partial charge in [-0.25, -0.2) is 4.98 Å². The van der Waals surface area contributed by atoms with E-state index in [2.05, 4.69) is 10.3 Å². The minimum absolute atomic E-state index is 0.0253. The van der Waals surface area contributed by atoms with Crippen molar-refractivity contribution in [2.24, 2.45) is 0 Å². The number of morpholine rings is 1. The van der Waals surface area contributed by atoms with Gasteiger partial charge in [0.15, 0.2) is 0 Å². The summed E-state index contributed by atoms with van der Waals surface area (Å²) in [5.74, 6) is 0.361. The number of carbonyl (C=O) groups excluding carboxylic acids is 2. The number of carbonyl (C=O) groups is 2. The number of amides is 2. The molecule has 0 saturated carbocycles. The minimum atomic E-state index is -0.357. The van der Waals surface area contributed by atoms with E-state index in [-0.39, 0.29) is 24.4 Å². The molecule has 1 aromatic rings. The van der Waals surface area contributed by atoms with Gasteiger partial charge in [0.25, 0.3) is 0 Å². The largest absolute Gasteiger partial charge is 0.378 e. The van der Waals surface area contributed by atoms with Crippen molar-refractivity contribution in [2.75, 3.05) is 45.2 Å². The first kappa shape index (κ1) is 17.4. The Morgan fingerprint density at radius 1 is 1.39 bits per heavy atom. The van der Waals surface area contributed by atoms with Crippen LogP contribution >= 0.6 is 0 Å². The van der Waals surface area contributed by atoms with Crippen molar-refractivity contribution >= 4 is 17.6 Å². The molecule has 0 aliphatic carbocycles. The van der Waals surface area contributed by atoms with E-state index in [9.17, 15) is 9.59 Å². The molecule has 2 heterocycles. The summed E-state index contributed by atoms with van der Waals surface area (Å²) >= 11 is 0. The molecule has 1 saturated heterocycles. The number of anilines is 1. The lowest BCUT2D eigenvalue weighted by Gasteiger charge is -2.32. The molecule has 1 N–H and O–H groups in total. The van der Waals surface area contributed by atoms with Gasteiger partial charge in [-0.15, -0.1) is 0 Å². The van der Waals surface area contributed by atoms with E-state index in [0.717, 1.165) is 5.69 Å². The van der Waals surface area contributed by atoms with Crippen molar-refractivity contribution in [1.29, 1.82) is 0 Å². The number of aryl methyl sites for hydroxylation is 1. The normalized spacial score (nSPS) is 16.3. The quantitative estimate of drug-likeness (QED) is 0.855. The fourth-order valence-electron chi connectivity index (χ4n) is 2.39. The fraction of sp³-hybridized carbons (Fsp3) is 0.562. The summed E-state index contributed by atoms with van der Waals surface area (Å²) in [5.41, 5.74) is 0.840. The van der Waals surface area contributed by atoms with Gasteiger partial charge >= 0.3 is 0 Å². The number of ether oxygens (including phenoxy) is 1. The van der Waals surface area contributed by atoms with Crippen LogP contribution in [0, 0.1) is 6.92 Å². The van der Waals surface area contributed by atoms with Crippen LogP contribution in [0.15, 0.2) is 18.2 Å². The molecule has 23 heavy (non-hydrogen) atoms. The van der Waals surface area contributed by atoms with Gasteiger partial charge in [-0.1, -0.05) is 6.07 Å². The van der Waals surface area contributed by atoms with Crippen LogP contribution in [0.4, 0.5) is 5.82 Å². The first-order chi connectivity index (χ1) is 11.0. The maximum atomic E-state index is 12.4. The van der Waals surface area contributed by atoms with E-state index in [1.54, 1.807) is 22.9 Å². The second-order valence-electron chi connectivity index (χ2n) is 5.74. The molecular formula is C16H24N4O3. The SMILES string of the molecule is Cc1cccc(NC(=O)CN(C)[C@@H](C)C(=O)N2CCOCC2)n1. The zero-order chi connectivity index (χ0) is 16.8. The number of nitrogens with zero attached hydrogens (tertiary/aromatic N) is 3. The number of hydrogen-bond donors (Lipinski definition) is 1. The molecule has 1 fully saturated rings. The van der Waals surface area contributed by atoms with E-state index in [0.29, 0.717) is 32.1 Å². The van der Waals surface area contributed by atoms with Gasteiger partial charge < -0.3 is 15.0 Å². The predicted octanol–water partition coefficient (Wildman–Crippen LogP) is 0.508. The van der Waals surface area contributed by atoms with Crippen LogP contribution in [-0.2, 0) is 14.3 Å². The maximum absolute atomic E-state index is 12.4. The highest BCUT2D eigenvalue weighted by atomic mass is 16.5. The molecule has 7 nitrogen and oxygen atoms in total. The zero-order valence-corrected chi connectivity index (χ0v) is 13.9. The van der Waals surface area contributed by atoms with E-state index < -0.39 is 0 Å². The average Bonchev–Trinajstić information content (AvgIpc) is 2.54. The van der Waals surface area contributed by atoms with Crippen LogP contribution in [0.1, 0.15) is 12.6 Å². The zero-order valence-electron chi connectivity index (χ0n) is 13.9. The molecule has 2 rings (SSSR count). The highest BCUT2D eigenvalue weighted by molar-refractivity contribution is 5.92. The average molecular weight is 320 g/mol. The first-order valence-corrected chi connectivity index (χ1v) is 7.77. The molecule has 0 aromatic carbocycles. The molecule has 1 aliphatic heterocycles. The molecule has 0 spiro atoms. The Labute approximate surface area is 136 Å². The van der Waals surface area contributed by atoms with Gasteiger partial charge in [-0.05, 0) is 33.0 Å².